The van der Waals surface area contributed by atoms with Crippen molar-refractivity contribution >= 4 is 29.4 Å². The SMILES string of the molecule is COc1ccc(CNc2nc(NCc3ccc(F)cc3)nc(Nc3cccc(C(=O)NCCOCCOCCN)c3)n2)cc1. The fourth-order valence-corrected chi connectivity index (χ4v) is 3.91. The molecule has 0 bridgehead atoms. The van der Waals surface area contributed by atoms with Crippen LogP contribution in [-0.2, 0) is 22.6 Å². The Morgan fingerprint density at radius 2 is 1.41 bits per heavy atom. The van der Waals surface area contributed by atoms with E-state index in [0.29, 0.717) is 75.8 Å². The van der Waals surface area contributed by atoms with Gasteiger partial charge in [0, 0.05) is 37.4 Å². The van der Waals surface area contributed by atoms with Crippen molar-refractivity contribution in [2.45, 2.75) is 13.1 Å². The standard InChI is InChI=1S/C31H37FN8O4/c1-42-27-11-7-23(8-12-27)21-36-30-38-29(35-20-22-5-9-25(32)10-6-22)39-31(40-30)37-26-4-2-3-24(19-26)28(41)34-14-16-44-18-17-43-15-13-33/h2-12,19H,13-18,20-21,33H2,1H3,(H,34,41)(H3,35,36,37,38,39,40). The third-order valence-electron chi connectivity index (χ3n) is 6.16. The molecule has 12 nitrogen and oxygen atoms in total. The number of ether oxygens (including phenoxy) is 3. The summed E-state index contributed by atoms with van der Waals surface area (Å²) in [7, 11) is 1.62. The molecule has 0 atom stereocenters. The molecule has 3 aromatic carbocycles. The van der Waals surface area contributed by atoms with Crippen LogP contribution in [0.4, 0.5) is 27.9 Å². The average Bonchev–Trinajstić information content (AvgIpc) is 3.05. The molecule has 4 rings (SSSR count). The number of carbonyl (C=O) groups is 1. The first kappa shape index (κ1) is 32.1. The summed E-state index contributed by atoms with van der Waals surface area (Å²) in [4.78, 5) is 26.2. The average molecular weight is 605 g/mol. The second kappa shape index (κ2) is 17.3. The van der Waals surface area contributed by atoms with Crippen molar-refractivity contribution in [1.29, 1.82) is 0 Å². The molecule has 0 unspecified atom stereocenters. The predicted octanol–water partition coefficient (Wildman–Crippen LogP) is 3.71. The lowest BCUT2D eigenvalue weighted by Gasteiger charge is -2.12. The Kier molecular flexibility index (Phi) is 12.6. The van der Waals surface area contributed by atoms with Crippen molar-refractivity contribution in [3.05, 3.63) is 95.3 Å². The highest BCUT2D eigenvalue weighted by molar-refractivity contribution is 5.95. The molecule has 1 heterocycles. The summed E-state index contributed by atoms with van der Waals surface area (Å²) in [6, 6.07) is 20.8. The maximum atomic E-state index is 13.3. The van der Waals surface area contributed by atoms with Crippen LogP contribution in [0.25, 0.3) is 0 Å². The van der Waals surface area contributed by atoms with Crippen LogP contribution in [0.2, 0.25) is 0 Å². The molecule has 232 valence electrons. The normalized spacial score (nSPS) is 10.7. The van der Waals surface area contributed by atoms with Crippen molar-refractivity contribution in [1.82, 2.24) is 20.3 Å². The molecular formula is C31H37FN8O4. The molecule has 0 fully saturated rings. The Morgan fingerprint density at radius 3 is 2.05 bits per heavy atom. The molecule has 1 aromatic heterocycles. The minimum absolute atomic E-state index is 0.240. The number of amides is 1. The van der Waals surface area contributed by atoms with Crippen LogP contribution in [0.3, 0.4) is 0 Å². The van der Waals surface area contributed by atoms with E-state index in [4.69, 9.17) is 19.9 Å². The van der Waals surface area contributed by atoms with Crippen LogP contribution < -0.4 is 31.7 Å². The van der Waals surface area contributed by atoms with Crippen LogP contribution in [0.15, 0.2) is 72.8 Å². The summed E-state index contributed by atoms with van der Waals surface area (Å²) in [5, 5.41) is 12.4. The largest absolute Gasteiger partial charge is 0.497 e. The summed E-state index contributed by atoms with van der Waals surface area (Å²) >= 11 is 0. The van der Waals surface area contributed by atoms with E-state index in [2.05, 4.69) is 36.2 Å². The molecule has 0 spiro atoms. The van der Waals surface area contributed by atoms with Crippen LogP contribution >= 0.6 is 0 Å². The minimum atomic E-state index is -0.307. The van der Waals surface area contributed by atoms with Gasteiger partial charge in [0.15, 0.2) is 0 Å². The molecule has 0 radical (unpaired) electrons. The lowest BCUT2D eigenvalue weighted by atomic mass is 10.2. The van der Waals surface area contributed by atoms with E-state index in [1.54, 1.807) is 43.5 Å². The summed E-state index contributed by atoms with van der Waals surface area (Å²) in [5.74, 6) is 1.13. The van der Waals surface area contributed by atoms with E-state index in [9.17, 15) is 9.18 Å². The Balaban J connectivity index is 1.40. The van der Waals surface area contributed by atoms with E-state index in [1.165, 1.54) is 12.1 Å². The number of rotatable bonds is 18. The van der Waals surface area contributed by atoms with Gasteiger partial charge in [0.25, 0.3) is 5.91 Å². The molecule has 4 aromatic rings. The van der Waals surface area contributed by atoms with Gasteiger partial charge >= 0.3 is 0 Å². The molecule has 0 aliphatic heterocycles. The molecular weight excluding hydrogens is 567 g/mol. The summed E-state index contributed by atoms with van der Waals surface area (Å²) < 4.78 is 29.3. The number of hydrogen-bond acceptors (Lipinski definition) is 11. The van der Waals surface area contributed by atoms with E-state index in [-0.39, 0.29) is 17.7 Å². The fraction of sp³-hybridized carbons (Fsp3) is 0.290. The molecule has 13 heteroatoms. The summed E-state index contributed by atoms with van der Waals surface area (Å²) in [6.45, 7) is 3.40. The first-order valence-corrected chi connectivity index (χ1v) is 14.1. The zero-order valence-corrected chi connectivity index (χ0v) is 24.5. The third kappa shape index (κ3) is 10.8. The Morgan fingerprint density at radius 1 is 0.795 bits per heavy atom. The number of methoxy groups -OCH3 is 1. The van der Waals surface area contributed by atoms with E-state index >= 15 is 0 Å². The molecule has 0 aliphatic rings. The van der Waals surface area contributed by atoms with Gasteiger partial charge in [-0.15, -0.1) is 0 Å². The van der Waals surface area contributed by atoms with Crippen molar-refractivity contribution in [2.24, 2.45) is 5.73 Å². The number of benzene rings is 3. The highest BCUT2D eigenvalue weighted by atomic mass is 19.1. The first-order valence-electron chi connectivity index (χ1n) is 14.1. The van der Waals surface area contributed by atoms with Crippen molar-refractivity contribution in [3.63, 3.8) is 0 Å². The van der Waals surface area contributed by atoms with Gasteiger partial charge in [0.1, 0.15) is 11.6 Å². The van der Waals surface area contributed by atoms with Gasteiger partial charge in [-0.05, 0) is 53.6 Å². The molecule has 1 amide bonds. The van der Waals surface area contributed by atoms with Crippen LogP contribution in [0.1, 0.15) is 21.5 Å². The van der Waals surface area contributed by atoms with Crippen molar-refractivity contribution in [2.75, 3.05) is 62.6 Å². The monoisotopic (exact) mass is 604 g/mol. The lowest BCUT2D eigenvalue weighted by molar-refractivity contribution is 0.0511. The topological polar surface area (TPSA) is 158 Å². The predicted molar refractivity (Wildman–Crippen MR) is 167 cm³/mol. The number of nitrogens with one attached hydrogen (secondary N) is 4. The van der Waals surface area contributed by atoms with Gasteiger partial charge in [-0.1, -0.05) is 30.3 Å². The minimum Gasteiger partial charge on any atom is -0.497 e. The smallest absolute Gasteiger partial charge is 0.251 e. The Bertz CT molecular complexity index is 1460. The summed E-state index contributed by atoms with van der Waals surface area (Å²) in [6.07, 6.45) is 0. The molecule has 0 saturated carbocycles. The number of anilines is 4. The van der Waals surface area contributed by atoms with Gasteiger partial charge in [0.2, 0.25) is 17.8 Å². The summed E-state index contributed by atoms with van der Waals surface area (Å²) in [5.41, 5.74) is 8.32. The molecule has 44 heavy (non-hydrogen) atoms. The van der Waals surface area contributed by atoms with Gasteiger partial charge in [-0.25, -0.2) is 4.39 Å². The quantitative estimate of drug-likeness (QED) is 0.105. The zero-order chi connectivity index (χ0) is 31.0. The van der Waals surface area contributed by atoms with Crippen molar-refractivity contribution < 1.29 is 23.4 Å². The fourth-order valence-electron chi connectivity index (χ4n) is 3.91. The van der Waals surface area contributed by atoms with Crippen LogP contribution in [0, 0.1) is 5.82 Å². The lowest BCUT2D eigenvalue weighted by Crippen LogP contribution is -2.27. The number of nitrogens with two attached hydrogens (primary N) is 1. The second-order valence-corrected chi connectivity index (χ2v) is 9.46. The van der Waals surface area contributed by atoms with Gasteiger partial charge in [0.05, 0.1) is 33.5 Å². The first-order chi connectivity index (χ1) is 21.5. The Labute approximate surface area is 255 Å². The second-order valence-electron chi connectivity index (χ2n) is 9.46. The number of carbonyl (C=O) groups excluding carboxylic acids is 1. The molecule has 6 N–H and O–H groups in total. The highest BCUT2D eigenvalue weighted by Crippen LogP contribution is 2.19. The van der Waals surface area contributed by atoms with Crippen LogP contribution in [0.5, 0.6) is 5.75 Å². The van der Waals surface area contributed by atoms with Gasteiger partial charge in [-0.2, -0.15) is 15.0 Å². The number of aromatic nitrogens is 3. The van der Waals surface area contributed by atoms with E-state index < -0.39 is 0 Å². The van der Waals surface area contributed by atoms with Crippen LogP contribution in [-0.4, -0.2) is 67.5 Å². The van der Waals surface area contributed by atoms with Gasteiger partial charge in [-0.3, -0.25) is 4.79 Å². The number of hydrogen-bond donors (Lipinski definition) is 5. The van der Waals surface area contributed by atoms with E-state index in [0.717, 1.165) is 16.9 Å². The maximum Gasteiger partial charge on any atom is 0.251 e. The van der Waals surface area contributed by atoms with Gasteiger partial charge < -0.3 is 41.2 Å². The molecule has 0 saturated heterocycles. The zero-order valence-electron chi connectivity index (χ0n) is 24.5. The van der Waals surface area contributed by atoms with Crippen molar-refractivity contribution in [3.8, 4) is 5.75 Å². The third-order valence-corrected chi connectivity index (χ3v) is 6.16. The number of halogens is 1. The Hall–Kier alpha value is -4.85. The van der Waals surface area contributed by atoms with E-state index in [1.807, 2.05) is 24.3 Å². The maximum absolute atomic E-state index is 13.3. The highest BCUT2D eigenvalue weighted by Gasteiger charge is 2.10. The molecule has 0 aliphatic carbocycles. The number of nitrogens with zero attached hydrogens (tertiary/aromatic N) is 3.